The number of hydrogen-bond donors (Lipinski definition) is 2. The molecule has 0 aliphatic rings. The van der Waals surface area contributed by atoms with Gasteiger partial charge in [0.2, 0.25) is 5.82 Å². The van der Waals surface area contributed by atoms with E-state index in [0.29, 0.717) is 27.7 Å². The lowest BCUT2D eigenvalue weighted by atomic mass is 10.2. The smallest absolute Gasteiger partial charge is 0.271 e. The number of nitrogens with one attached hydrogen (secondary N) is 2. The minimum absolute atomic E-state index is 0.170. The second-order valence-corrected chi connectivity index (χ2v) is 7.90. The number of anilines is 1. The first kappa shape index (κ1) is 15.5. The van der Waals surface area contributed by atoms with E-state index < -0.39 is 10.0 Å². The molecule has 0 atom stereocenters. The molecule has 11 heteroatoms. The standard InChI is InChI=1S/C14H10N6O3S2/c21-25(22,13-5-4-12(24-13)11-7-15-8-23-11)18-10-3-1-2-9(6-10)14-16-19-20-17-14/h1-8,18H,(H,16,17,19,20). The van der Waals surface area contributed by atoms with Crippen LogP contribution in [0.4, 0.5) is 5.69 Å². The van der Waals surface area contributed by atoms with E-state index in [1.54, 1.807) is 30.3 Å². The second-order valence-electron chi connectivity index (χ2n) is 4.91. The van der Waals surface area contributed by atoms with Crippen molar-refractivity contribution in [1.29, 1.82) is 0 Å². The summed E-state index contributed by atoms with van der Waals surface area (Å²) in [7, 11) is -3.73. The number of sulfonamides is 1. The van der Waals surface area contributed by atoms with Crippen molar-refractivity contribution in [2.75, 3.05) is 4.72 Å². The third-order valence-corrected chi connectivity index (χ3v) is 6.21. The van der Waals surface area contributed by atoms with Gasteiger partial charge in [-0.2, -0.15) is 5.21 Å². The summed E-state index contributed by atoms with van der Waals surface area (Å²) >= 11 is 1.09. The van der Waals surface area contributed by atoms with Gasteiger partial charge in [0.25, 0.3) is 10.0 Å². The Labute approximate surface area is 145 Å². The zero-order chi connectivity index (χ0) is 17.3. The maximum Gasteiger partial charge on any atom is 0.271 e. The van der Waals surface area contributed by atoms with Crippen molar-refractivity contribution in [2.45, 2.75) is 4.21 Å². The molecule has 0 unspecified atom stereocenters. The summed E-state index contributed by atoms with van der Waals surface area (Å²) in [6.45, 7) is 0. The zero-order valence-corrected chi connectivity index (χ0v) is 14.1. The SMILES string of the molecule is O=S(=O)(Nc1cccc(-c2nn[nH]n2)c1)c1ccc(-c2cnco2)s1. The monoisotopic (exact) mass is 374 g/mol. The Bertz CT molecular complexity index is 1090. The Morgan fingerprint density at radius 3 is 2.88 bits per heavy atom. The molecule has 1 aromatic carbocycles. The number of hydrogen-bond acceptors (Lipinski definition) is 8. The van der Waals surface area contributed by atoms with Gasteiger partial charge in [0.1, 0.15) is 4.21 Å². The van der Waals surface area contributed by atoms with Crippen LogP contribution in [0.2, 0.25) is 0 Å². The molecule has 3 aromatic heterocycles. The van der Waals surface area contributed by atoms with Crippen molar-refractivity contribution >= 4 is 27.0 Å². The Kier molecular flexibility index (Phi) is 3.78. The van der Waals surface area contributed by atoms with Gasteiger partial charge in [-0.15, -0.1) is 21.5 Å². The molecule has 0 fully saturated rings. The Balaban J connectivity index is 1.61. The van der Waals surface area contributed by atoms with Crippen LogP contribution in [0, 0.1) is 0 Å². The third kappa shape index (κ3) is 3.14. The molecule has 4 aromatic rings. The van der Waals surface area contributed by atoms with Crippen molar-refractivity contribution in [3.63, 3.8) is 0 Å². The number of aromatic amines is 1. The summed E-state index contributed by atoms with van der Waals surface area (Å²) in [5, 5.41) is 13.6. The highest BCUT2D eigenvalue weighted by Gasteiger charge is 2.19. The molecule has 0 bridgehead atoms. The van der Waals surface area contributed by atoms with Crippen molar-refractivity contribution < 1.29 is 12.8 Å². The van der Waals surface area contributed by atoms with Crippen LogP contribution in [-0.2, 0) is 10.0 Å². The van der Waals surface area contributed by atoms with Crippen LogP contribution < -0.4 is 4.72 Å². The van der Waals surface area contributed by atoms with Crippen LogP contribution in [-0.4, -0.2) is 34.0 Å². The molecule has 0 aliphatic heterocycles. The lowest BCUT2D eigenvalue weighted by Crippen LogP contribution is -2.11. The number of nitrogens with zero attached hydrogens (tertiary/aromatic N) is 4. The number of oxazole rings is 1. The fraction of sp³-hybridized carbons (Fsp3) is 0. The van der Waals surface area contributed by atoms with Crippen molar-refractivity contribution in [1.82, 2.24) is 25.6 Å². The molecular formula is C14H10N6O3S2. The van der Waals surface area contributed by atoms with E-state index >= 15 is 0 Å². The molecule has 25 heavy (non-hydrogen) atoms. The number of rotatable bonds is 5. The lowest BCUT2D eigenvalue weighted by Gasteiger charge is -2.07. The molecule has 4 rings (SSSR count). The lowest BCUT2D eigenvalue weighted by molar-refractivity contribution is 0.573. The normalized spacial score (nSPS) is 11.5. The first-order valence-corrected chi connectivity index (χ1v) is 9.27. The topological polar surface area (TPSA) is 127 Å². The third-order valence-electron chi connectivity index (χ3n) is 3.24. The summed E-state index contributed by atoms with van der Waals surface area (Å²) in [5.41, 5.74) is 1.04. The van der Waals surface area contributed by atoms with Crippen LogP contribution in [0.3, 0.4) is 0 Å². The van der Waals surface area contributed by atoms with E-state index in [0.717, 1.165) is 11.3 Å². The summed E-state index contributed by atoms with van der Waals surface area (Å²) in [6, 6.07) is 9.94. The van der Waals surface area contributed by atoms with Crippen LogP contribution in [0.5, 0.6) is 0 Å². The summed E-state index contributed by atoms with van der Waals surface area (Å²) < 4.78 is 33.1. The average molecular weight is 374 g/mol. The predicted octanol–water partition coefficient (Wildman–Crippen LogP) is 2.38. The molecule has 0 saturated carbocycles. The average Bonchev–Trinajstić information content (AvgIpc) is 3.35. The number of tetrazole rings is 1. The van der Waals surface area contributed by atoms with Gasteiger partial charge in [-0.1, -0.05) is 12.1 Å². The van der Waals surface area contributed by atoms with E-state index in [1.807, 2.05) is 0 Å². The molecule has 0 radical (unpaired) electrons. The zero-order valence-electron chi connectivity index (χ0n) is 12.4. The maximum absolute atomic E-state index is 12.6. The van der Waals surface area contributed by atoms with Crippen LogP contribution in [0.25, 0.3) is 22.0 Å². The van der Waals surface area contributed by atoms with Crippen molar-refractivity contribution in [3.05, 3.63) is 49.0 Å². The molecule has 0 amide bonds. The van der Waals surface area contributed by atoms with E-state index in [9.17, 15) is 8.42 Å². The molecule has 9 nitrogen and oxygen atoms in total. The first-order valence-electron chi connectivity index (χ1n) is 6.97. The quantitative estimate of drug-likeness (QED) is 0.549. The molecule has 0 spiro atoms. The van der Waals surface area contributed by atoms with E-state index in [2.05, 4.69) is 30.3 Å². The molecule has 0 aliphatic carbocycles. The minimum atomic E-state index is -3.73. The Morgan fingerprint density at radius 1 is 1.20 bits per heavy atom. The number of H-pyrrole nitrogens is 1. The maximum atomic E-state index is 12.6. The largest absolute Gasteiger partial charge is 0.443 e. The second kappa shape index (κ2) is 6.11. The fourth-order valence-electron chi connectivity index (χ4n) is 2.15. The van der Waals surface area contributed by atoms with Crippen LogP contribution >= 0.6 is 11.3 Å². The van der Waals surface area contributed by atoms with Gasteiger partial charge in [0.05, 0.1) is 11.1 Å². The fourth-order valence-corrected chi connectivity index (χ4v) is 4.45. The summed E-state index contributed by atoms with van der Waals surface area (Å²) in [6.07, 6.45) is 2.83. The predicted molar refractivity (Wildman–Crippen MR) is 90.2 cm³/mol. The molecule has 126 valence electrons. The van der Waals surface area contributed by atoms with Crippen LogP contribution in [0.1, 0.15) is 0 Å². The molecule has 2 N–H and O–H groups in total. The highest BCUT2D eigenvalue weighted by molar-refractivity contribution is 7.94. The van der Waals surface area contributed by atoms with Gasteiger partial charge in [-0.25, -0.2) is 13.4 Å². The van der Waals surface area contributed by atoms with Crippen molar-refractivity contribution in [2.24, 2.45) is 0 Å². The number of aromatic nitrogens is 5. The van der Waals surface area contributed by atoms with Gasteiger partial charge in [0.15, 0.2) is 12.2 Å². The molecule has 0 saturated heterocycles. The number of benzene rings is 1. The Hall–Kier alpha value is -3.05. The molecular weight excluding hydrogens is 364 g/mol. The van der Waals surface area contributed by atoms with E-state index in [4.69, 9.17) is 4.42 Å². The summed E-state index contributed by atoms with van der Waals surface area (Å²) in [4.78, 5) is 4.51. The molecule has 3 heterocycles. The summed E-state index contributed by atoms with van der Waals surface area (Å²) in [5.74, 6) is 0.898. The van der Waals surface area contributed by atoms with Gasteiger partial charge in [0, 0.05) is 11.3 Å². The highest BCUT2D eigenvalue weighted by Crippen LogP contribution is 2.31. The minimum Gasteiger partial charge on any atom is -0.443 e. The highest BCUT2D eigenvalue weighted by atomic mass is 32.2. The van der Waals surface area contributed by atoms with Gasteiger partial charge in [-0.3, -0.25) is 4.72 Å². The van der Waals surface area contributed by atoms with E-state index in [1.165, 1.54) is 18.7 Å². The van der Waals surface area contributed by atoms with E-state index in [-0.39, 0.29) is 4.21 Å². The van der Waals surface area contributed by atoms with Crippen LogP contribution in [0.15, 0.2) is 57.6 Å². The Morgan fingerprint density at radius 2 is 2.12 bits per heavy atom. The van der Waals surface area contributed by atoms with Gasteiger partial charge >= 0.3 is 0 Å². The van der Waals surface area contributed by atoms with Gasteiger partial charge in [-0.05, 0) is 29.5 Å². The number of thiophene rings is 1. The first-order chi connectivity index (χ1) is 12.1. The van der Waals surface area contributed by atoms with Gasteiger partial charge < -0.3 is 4.42 Å². The van der Waals surface area contributed by atoms with Crippen molar-refractivity contribution in [3.8, 4) is 22.0 Å².